The molecule has 2 amide bonds. The van der Waals surface area contributed by atoms with Gasteiger partial charge in [-0.15, -0.1) is 0 Å². The summed E-state index contributed by atoms with van der Waals surface area (Å²) >= 11 is 0. The van der Waals surface area contributed by atoms with Crippen molar-refractivity contribution in [1.82, 2.24) is 10.6 Å². The van der Waals surface area contributed by atoms with E-state index in [2.05, 4.69) is 22.8 Å². The minimum Gasteiger partial charge on any atom is -0.490 e. The van der Waals surface area contributed by atoms with Gasteiger partial charge in [-0.25, -0.2) is 0 Å². The van der Waals surface area contributed by atoms with Crippen LogP contribution in [0.1, 0.15) is 44.7 Å². The van der Waals surface area contributed by atoms with E-state index in [0.29, 0.717) is 19.8 Å². The molecule has 2 aliphatic rings. The predicted molar refractivity (Wildman–Crippen MR) is 101 cm³/mol. The van der Waals surface area contributed by atoms with Crippen molar-refractivity contribution in [3.8, 4) is 11.5 Å². The lowest BCUT2D eigenvalue weighted by Crippen LogP contribution is -3.11. The van der Waals surface area contributed by atoms with Gasteiger partial charge in [0.05, 0.1) is 26.3 Å². The third-order valence-electron chi connectivity index (χ3n) is 4.94. The number of amides is 2. The number of ether oxygens (including phenoxy) is 2. The number of fused-ring (bicyclic) bond motifs is 1. The number of benzene rings is 1. The molecular weight excluding hydrogens is 346 g/mol. The van der Waals surface area contributed by atoms with Gasteiger partial charge in [-0.05, 0) is 32.0 Å². The molecule has 2 aliphatic heterocycles. The molecule has 1 aromatic carbocycles. The number of likely N-dealkylation sites (tertiary alicyclic amines) is 1. The van der Waals surface area contributed by atoms with Crippen molar-refractivity contribution in [3.05, 3.63) is 23.8 Å². The quantitative estimate of drug-likeness (QED) is 0.663. The van der Waals surface area contributed by atoms with Gasteiger partial charge in [-0.1, -0.05) is 0 Å². The first-order valence-electron chi connectivity index (χ1n) is 9.83. The maximum absolute atomic E-state index is 12.3. The van der Waals surface area contributed by atoms with E-state index in [1.807, 2.05) is 19.9 Å². The van der Waals surface area contributed by atoms with E-state index in [1.54, 1.807) is 0 Å². The van der Waals surface area contributed by atoms with Crippen LogP contribution in [-0.2, 0) is 9.59 Å². The van der Waals surface area contributed by atoms with E-state index in [1.165, 1.54) is 10.5 Å². The molecule has 0 bridgehead atoms. The Hall–Kier alpha value is -2.28. The maximum atomic E-state index is 12.3. The summed E-state index contributed by atoms with van der Waals surface area (Å²) in [6.45, 7) is 6.48. The number of hydrogen-bond acceptors (Lipinski definition) is 4. The van der Waals surface area contributed by atoms with Gasteiger partial charge >= 0.3 is 0 Å². The molecule has 7 nitrogen and oxygen atoms in total. The zero-order valence-electron chi connectivity index (χ0n) is 16.2. The van der Waals surface area contributed by atoms with E-state index >= 15 is 0 Å². The van der Waals surface area contributed by atoms with Crippen LogP contribution in [0.25, 0.3) is 0 Å². The molecule has 1 unspecified atom stereocenters. The molecule has 0 aromatic heterocycles. The number of rotatable bonds is 6. The lowest BCUT2D eigenvalue weighted by molar-refractivity contribution is -0.910. The fraction of sp³-hybridized carbons (Fsp3) is 0.600. The van der Waals surface area contributed by atoms with Crippen LogP contribution in [0, 0.1) is 0 Å². The fourth-order valence-electron chi connectivity index (χ4n) is 3.74. The van der Waals surface area contributed by atoms with Gasteiger partial charge in [0.25, 0.3) is 5.91 Å². The van der Waals surface area contributed by atoms with Crippen molar-refractivity contribution >= 4 is 11.8 Å². The van der Waals surface area contributed by atoms with Gasteiger partial charge in [0.2, 0.25) is 5.91 Å². The second-order valence-corrected chi connectivity index (χ2v) is 7.54. The monoisotopic (exact) mass is 376 g/mol. The highest BCUT2D eigenvalue weighted by Crippen LogP contribution is 2.33. The summed E-state index contributed by atoms with van der Waals surface area (Å²) in [7, 11) is 0. The SMILES string of the molecule is CC(C)NC(=O)CNC(=O)C[NH+]1CCC[C@@H]1c1ccc2c(c1)OCCCO2. The van der Waals surface area contributed by atoms with Crippen LogP contribution in [0.5, 0.6) is 11.5 Å². The minimum absolute atomic E-state index is 0.0268. The Morgan fingerprint density at radius 3 is 2.70 bits per heavy atom. The van der Waals surface area contributed by atoms with E-state index in [-0.39, 0.29) is 30.4 Å². The molecular formula is C20H30N3O4+. The Kier molecular flexibility index (Phi) is 6.55. The lowest BCUT2D eigenvalue weighted by atomic mass is 10.0. The third kappa shape index (κ3) is 5.35. The van der Waals surface area contributed by atoms with E-state index in [0.717, 1.165) is 37.3 Å². The molecule has 148 valence electrons. The number of carbonyl (C=O) groups excluding carboxylic acids is 2. The molecule has 0 radical (unpaired) electrons. The highest BCUT2D eigenvalue weighted by atomic mass is 16.5. The van der Waals surface area contributed by atoms with Gasteiger partial charge in [0, 0.05) is 30.9 Å². The number of carbonyl (C=O) groups is 2. The molecule has 7 heteroatoms. The highest BCUT2D eigenvalue weighted by Gasteiger charge is 2.32. The Labute approximate surface area is 160 Å². The van der Waals surface area contributed by atoms with Crippen LogP contribution in [-0.4, -0.2) is 50.7 Å². The molecule has 0 spiro atoms. The van der Waals surface area contributed by atoms with Crippen molar-refractivity contribution in [3.63, 3.8) is 0 Å². The van der Waals surface area contributed by atoms with E-state index in [9.17, 15) is 9.59 Å². The zero-order chi connectivity index (χ0) is 19.2. The summed E-state index contributed by atoms with van der Waals surface area (Å²) in [6.07, 6.45) is 3.00. The molecule has 2 heterocycles. The van der Waals surface area contributed by atoms with Crippen molar-refractivity contribution in [2.75, 3.05) is 32.8 Å². The average Bonchev–Trinajstić information content (AvgIpc) is 2.95. The third-order valence-corrected chi connectivity index (χ3v) is 4.94. The first kappa shape index (κ1) is 19.5. The minimum atomic E-state index is -0.158. The topological polar surface area (TPSA) is 81.1 Å². The van der Waals surface area contributed by atoms with Crippen LogP contribution in [0.15, 0.2) is 18.2 Å². The fourth-order valence-corrected chi connectivity index (χ4v) is 3.74. The summed E-state index contributed by atoms with van der Waals surface area (Å²) in [5.74, 6) is 1.34. The summed E-state index contributed by atoms with van der Waals surface area (Å²) in [5, 5.41) is 5.50. The van der Waals surface area contributed by atoms with Crippen LogP contribution in [0.2, 0.25) is 0 Å². The normalized spacial score (nSPS) is 21.6. The van der Waals surface area contributed by atoms with Crippen molar-refractivity contribution < 1.29 is 24.0 Å². The standard InChI is InChI=1S/C20H29N3O4/c1-14(2)22-19(24)12-21-20(25)13-23-8-3-5-16(23)15-6-7-17-18(11-15)27-10-4-9-26-17/h6-7,11,14,16H,3-5,8-10,12-13H2,1-2H3,(H,21,25)(H,22,24)/p+1/t16-/m1/s1. The van der Waals surface area contributed by atoms with Crippen LogP contribution < -0.4 is 25.0 Å². The molecule has 3 rings (SSSR count). The Morgan fingerprint density at radius 2 is 1.93 bits per heavy atom. The molecule has 1 fully saturated rings. The molecule has 1 aromatic rings. The van der Waals surface area contributed by atoms with Crippen LogP contribution in [0.4, 0.5) is 0 Å². The smallest absolute Gasteiger partial charge is 0.275 e. The molecule has 0 saturated carbocycles. The first-order chi connectivity index (χ1) is 13.0. The van der Waals surface area contributed by atoms with Crippen LogP contribution >= 0.6 is 0 Å². The molecule has 3 N–H and O–H groups in total. The number of hydrogen-bond donors (Lipinski definition) is 3. The molecule has 27 heavy (non-hydrogen) atoms. The summed E-state index contributed by atoms with van der Waals surface area (Å²) in [4.78, 5) is 25.2. The van der Waals surface area contributed by atoms with E-state index < -0.39 is 0 Å². The zero-order valence-corrected chi connectivity index (χ0v) is 16.2. The van der Waals surface area contributed by atoms with E-state index in [4.69, 9.17) is 9.47 Å². The second kappa shape index (κ2) is 9.08. The summed E-state index contributed by atoms with van der Waals surface area (Å²) in [6, 6.07) is 6.45. The molecule has 2 atom stereocenters. The van der Waals surface area contributed by atoms with Crippen molar-refractivity contribution in [2.45, 2.75) is 45.2 Å². The summed E-state index contributed by atoms with van der Waals surface area (Å²) in [5.41, 5.74) is 1.18. The lowest BCUT2D eigenvalue weighted by Gasteiger charge is -2.22. The number of nitrogens with one attached hydrogen (secondary N) is 3. The van der Waals surface area contributed by atoms with Gasteiger partial charge in [-0.3, -0.25) is 9.59 Å². The Balaban J connectivity index is 1.58. The molecule has 0 aliphatic carbocycles. The maximum Gasteiger partial charge on any atom is 0.275 e. The summed E-state index contributed by atoms with van der Waals surface area (Å²) < 4.78 is 11.5. The Bertz CT molecular complexity index is 677. The number of quaternary nitrogens is 1. The molecule has 1 saturated heterocycles. The van der Waals surface area contributed by atoms with Crippen molar-refractivity contribution in [2.24, 2.45) is 0 Å². The first-order valence-corrected chi connectivity index (χ1v) is 9.83. The predicted octanol–water partition coefficient (Wildman–Crippen LogP) is 0.209. The Morgan fingerprint density at radius 1 is 1.15 bits per heavy atom. The largest absolute Gasteiger partial charge is 0.490 e. The van der Waals surface area contributed by atoms with Gasteiger partial charge in [0.15, 0.2) is 18.0 Å². The second-order valence-electron chi connectivity index (χ2n) is 7.54. The van der Waals surface area contributed by atoms with Gasteiger partial charge in [0.1, 0.15) is 6.04 Å². The van der Waals surface area contributed by atoms with Crippen molar-refractivity contribution in [1.29, 1.82) is 0 Å². The van der Waals surface area contributed by atoms with Gasteiger partial charge < -0.3 is 25.0 Å². The average molecular weight is 376 g/mol. The van der Waals surface area contributed by atoms with Gasteiger partial charge in [-0.2, -0.15) is 0 Å². The highest BCUT2D eigenvalue weighted by molar-refractivity contribution is 5.85. The van der Waals surface area contributed by atoms with Crippen LogP contribution in [0.3, 0.4) is 0 Å².